The Labute approximate surface area is 95.0 Å². The molecule has 0 atom stereocenters. The number of aldehydes is 1. The molecule has 0 N–H and O–H groups in total. The van der Waals surface area contributed by atoms with E-state index in [0.29, 0.717) is 17.8 Å². The molecule has 1 radical (unpaired) electrons. The Balaban J connectivity index is 2.86. The first-order valence-corrected chi connectivity index (χ1v) is 4.73. The standard InChI is InChI=1S/C13H13O3/c1-15-12-8-7-11(10-13(12)16-2)6-4-3-5-9-14/h3-4,6-10H,1-2H3/b5-3?,6-4+. The van der Waals surface area contributed by atoms with E-state index < -0.39 is 0 Å². The molecule has 83 valence electrons. The minimum absolute atomic E-state index is 0.610. The third-order valence-electron chi connectivity index (χ3n) is 1.96. The summed E-state index contributed by atoms with van der Waals surface area (Å²) in [6, 6.07) is 5.57. The van der Waals surface area contributed by atoms with Gasteiger partial charge in [0.2, 0.25) is 0 Å². The molecule has 3 heteroatoms. The summed E-state index contributed by atoms with van der Waals surface area (Å²) in [5, 5.41) is 0. The van der Waals surface area contributed by atoms with Crippen LogP contribution in [0.3, 0.4) is 0 Å². The highest BCUT2D eigenvalue weighted by molar-refractivity contribution is 5.62. The maximum atomic E-state index is 9.99. The van der Waals surface area contributed by atoms with Gasteiger partial charge in [-0.15, -0.1) is 0 Å². The van der Waals surface area contributed by atoms with Gasteiger partial charge in [-0.25, -0.2) is 0 Å². The second-order valence-electron chi connectivity index (χ2n) is 2.92. The van der Waals surface area contributed by atoms with Gasteiger partial charge < -0.3 is 9.47 Å². The molecule has 1 rings (SSSR count). The van der Waals surface area contributed by atoms with Gasteiger partial charge in [-0.2, -0.15) is 0 Å². The summed E-state index contributed by atoms with van der Waals surface area (Å²) in [4.78, 5) is 9.99. The number of ether oxygens (including phenoxy) is 2. The molecule has 0 heterocycles. The molecular weight excluding hydrogens is 204 g/mol. The van der Waals surface area contributed by atoms with Crippen LogP contribution in [0.15, 0.2) is 30.4 Å². The second kappa shape index (κ2) is 6.45. The Bertz CT molecular complexity index is 406. The predicted octanol–water partition coefficient (Wildman–Crippen LogP) is 2.28. The molecule has 3 nitrogen and oxygen atoms in total. The van der Waals surface area contributed by atoms with Gasteiger partial charge in [0.25, 0.3) is 0 Å². The average molecular weight is 217 g/mol. The molecule has 1 aromatic carbocycles. The van der Waals surface area contributed by atoms with Gasteiger partial charge >= 0.3 is 0 Å². The molecule has 0 amide bonds. The summed E-state index contributed by atoms with van der Waals surface area (Å²) in [6.45, 7) is 0. The van der Waals surface area contributed by atoms with Gasteiger partial charge in [0, 0.05) is 6.08 Å². The molecule has 0 saturated carbocycles. The number of carbonyl (C=O) groups excluding carboxylic acids is 1. The van der Waals surface area contributed by atoms with E-state index >= 15 is 0 Å². The predicted molar refractivity (Wildman–Crippen MR) is 62.5 cm³/mol. The van der Waals surface area contributed by atoms with E-state index in [-0.39, 0.29) is 0 Å². The van der Waals surface area contributed by atoms with Gasteiger partial charge in [0.05, 0.1) is 14.2 Å². The lowest BCUT2D eigenvalue weighted by molar-refractivity contribution is -0.104. The molecule has 0 spiro atoms. The molecule has 0 bridgehead atoms. The minimum Gasteiger partial charge on any atom is -0.493 e. The highest BCUT2D eigenvalue weighted by Crippen LogP contribution is 2.27. The van der Waals surface area contributed by atoms with E-state index in [1.165, 1.54) is 0 Å². The zero-order chi connectivity index (χ0) is 11.8. The lowest BCUT2D eigenvalue weighted by atomic mass is 10.2. The monoisotopic (exact) mass is 217 g/mol. The van der Waals surface area contributed by atoms with E-state index in [2.05, 4.69) is 6.08 Å². The number of methoxy groups -OCH3 is 2. The van der Waals surface area contributed by atoms with Crippen LogP contribution in [-0.4, -0.2) is 20.5 Å². The summed E-state index contributed by atoms with van der Waals surface area (Å²) in [5.74, 6) is 1.36. The quantitative estimate of drug-likeness (QED) is 0.431. The van der Waals surface area contributed by atoms with E-state index in [4.69, 9.17) is 9.47 Å². The van der Waals surface area contributed by atoms with Crippen molar-refractivity contribution in [1.82, 2.24) is 0 Å². The summed E-state index contributed by atoms with van der Waals surface area (Å²) in [7, 11) is 3.18. The highest BCUT2D eigenvalue weighted by Gasteiger charge is 2.01. The van der Waals surface area contributed by atoms with Gasteiger partial charge in [-0.05, 0) is 17.7 Å². The number of benzene rings is 1. The molecule has 0 unspecified atom stereocenters. The smallest absolute Gasteiger partial charge is 0.161 e. The van der Waals surface area contributed by atoms with Crippen LogP contribution in [0.5, 0.6) is 11.5 Å². The molecule has 0 aliphatic heterocycles. The van der Waals surface area contributed by atoms with Crippen LogP contribution >= 0.6 is 0 Å². The largest absolute Gasteiger partial charge is 0.493 e. The molecule has 0 aliphatic carbocycles. The van der Waals surface area contributed by atoms with Crippen LogP contribution in [0.25, 0.3) is 6.08 Å². The number of rotatable bonds is 5. The normalized spacial score (nSPS) is 10.9. The van der Waals surface area contributed by atoms with Crippen molar-refractivity contribution in [1.29, 1.82) is 0 Å². The van der Waals surface area contributed by atoms with Crippen molar-refractivity contribution in [2.75, 3.05) is 14.2 Å². The first-order chi connectivity index (χ1) is 7.81. The zero-order valence-electron chi connectivity index (χ0n) is 9.27. The van der Waals surface area contributed by atoms with Crippen molar-refractivity contribution in [3.8, 4) is 11.5 Å². The Hall–Kier alpha value is -2.03. The Kier molecular flexibility index (Phi) is 4.86. The fourth-order valence-electron chi connectivity index (χ4n) is 1.21. The number of hydrogen-bond donors (Lipinski definition) is 0. The average Bonchev–Trinajstić information content (AvgIpc) is 2.34. The van der Waals surface area contributed by atoms with Crippen LogP contribution in [0, 0.1) is 6.08 Å². The SMILES string of the molecule is COc1ccc(/C=C/C=[C]/C=O)cc1OC. The fourth-order valence-corrected chi connectivity index (χ4v) is 1.21. The van der Waals surface area contributed by atoms with Crippen LogP contribution in [0.4, 0.5) is 0 Å². The van der Waals surface area contributed by atoms with E-state index in [1.54, 1.807) is 26.4 Å². The summed E-state index contributed by atoms with van der Waals surface area (Å²) >= 11 is 0. The topological polar surface area (TPSA) is 35.5 Å². The summed E-state index contributed by atoms with van der Waals surface area (Å²) in [5.41, 5.74) is 0.960. The van der Waals surface area contributed by atoms with Crippen molar-refractivity contribution < 1.29 is 14.3 Å². The first kappa shape index (κ1) is 12.0. The molecular formula is C13H13O3. The van der Waals surface area contributed by atoms with Crippen LogP contribution in [-0.2, 0) is 4.79 Å². The molecule has 16 heavy (non-hydrogen) atoms. The Morgan fingerprint density at radius 1 is 1.19 bits per heavy atom. The first-order valence-electron chi connectivity index (χ1n) is 4.73. The lowest BCUT2D eigenvalue weighted by Gasteiger charge is -2.07. The van der Waals surface area contributed by atoms with E-state index in [9.17, 15) is 4.79 Å². The van der Waals surface area contributed by atoms with Crippen LogP contribution in [0.1, 0.15) is 5.56 Å². The number of carbonyl (C=O) groups is 1. The van der Waals surface area contributed by atoms with E-state index in [1.807, 2.05) is 24.3 Å². The summed E-state index contributed by atoms with van der Waals surface area (Å²) in [6.07, 6.45) is 8.15. The van der Waals surface area contributed by atoms with Gasteiger partial charge in [0.15, 0.2) is 17.8 Å². The molecule has 0 fully saturated rings. The van der Waals surface area contributed by atoms with Gasteiger partial charge in [-0.3, -0.25) is 4.79 Å². The molecule has 1 aromatic rings. The number of allylic oxidation sites excluding steroid dienone is 3. The molecule has 0 aliphatic rings. The van der Waals surface area contributed by atoms with Crippen molar-refractivity contribution >= 4 is 12.4 Å². The van der Waals surface area contributed by atoms with Crippen LogP contribution in [0.2, 0.25) is 0 Å². The number of hydrogen-bond acceptors (Lipinski definition) is 3. The van der Waals surface area contributed by atoms with Crippen molar-refractivity contribution in [3.63, 3.8) is 0 Å². The Morgan fingerprint density at radius 3 is 2.56 bits per heavy atom. The zero-order valence-corrected chi connectivity index (χ0v) is 9.27. The lowest BCUT2D eigenvalue weighted by Crippen LogP contribution is -1.90. The van der Waals surface area contributed by atoms with Gasteiger partial charge in [0.1, 0.15) is 0 Å². The van der Waals surface area contributed by atoms with Crippen molar-refractivity contribution in [2.45, 2.75) is 0 Å². The van der Waals surface area contributed by atoms with Crippen molar-refractivity contribution in [2.24, 2.45) is 0 Å². The maximum absolute atomic E-state index is 9.99. The third kappa shape index (κ3) is 3.28. The second-order valence-corrected chi connectivity index (χ2v) is 2.92. The molecule has 0 saturated heterocycles. The third-order valence-corrected chi connectivity index (χ3v) is 1.96. The van der Waals surface area contributed by atoms with Gasteiger partial charge in [-0.1, -0.05) is 24.3 Å². The minimum atomic E-state index is 0.610. The maximum Gasteiger partial charge on any atom is 0.161 e. The van der Waals surface area contributed by atoms with E-state index in [0.717, 1.165) is 5.56 Å². The van der Waals surface area contributed by atoms with Crippen LogP contribution < -0.4 is 9.47 Å². The summed E-state index contributed by atoms with van der Waals surface area (Å²) < 4.78 is 10.3. The molecule has 0 aromatic heterocycles. The Morgan fingerprint density at radius 2 is 1.94 bits per heavy atom. The van der Waals surface area contributed by atoms with Crippen molar-refractivity contribution in [3.05, 3.63) is 42.0 Å². The fraction of sp³-hybridized carbons (Fsp3) is 0.154. The highest BCUT2D eigenvalue weighted by atomic mass is 16.5.